The number of amides is 1. The fourth-order valence-electron chi connectivity index (χ4n) is 2.85. The van der Waals surface area contributed by atoms with Crippen molar-refractivity contribution in [2.24, 2.45) is 0 Å². The molecule has 1 aromatic rings. The summed E-state index contributed by atoms with van der Waals surface area (Å²) < 4.78 is 15.6. The summed E-state index contributed by atoms with van der Waals surface area (Å²) in [5.74, 6) is 0.708. The molecule has 1 aromatic carbocycles. The van der Waals surface area contributed by atoms with Crippen molar-refractivity contribution in [3.63, 3.8) is 0 Å². The van der Waals surface area contributed by atoms with Gasteiger partial charge in [-0.3, -0.25) is 4.79 Å². The van der Waals surface area contributed by atoms with Crippen LogP contribution in [0.2, 0.25) is 0 Å². The zero-order valence-corrected chi connectivity index (χ0v) is 12.5. The first-order valence-electron chi connectivity index (χ1n) is 7.58. The van der Waals surface area contributed by atoms with Gasteiger partial charge in [0.2, 0.25) is 6.79 Å². The fraction of sp³-hybridized carbons (Fsp3) is 0.500. The van der Waals surface area contributed by atoms with E-state index in [0.29, 0.717) is 36.6 Å². The predicted molar refractivity (Wildman–Crippen MR) is 77.9 cm³/mol. The summed E-state index contributed by atoms with van der Waals surface area (Å²) in [6.07, 6.45) is 2.47. The van der Waals surface area contributed by atoms with Crippen molar-refractivity contribution in [2.75, 3.05) is 19.9 Å². The van der Waals surface area contributed by atoms with Gasteiger partial charge in [0.15, 0.2) is 11.5 Å². The monoisotopic (exact) mass is 305 g/mol. The first-order chi connectivity index (χ1) is 10.7. The molecule has 2 heterocycles. The van der Waals surface area contributed by atoms with Crippen molar-refractivity contribution in [1.82, 2.24) is 4.90 Å². The summed E-state index contributed by atoms with van der Waals surface area (Å²) in [4.78, 5) is 26.4. The molecule has 0 spiro atoms. The molecular weight excluding hydrogens is 286 g/mol. The van der Waals surface area contributed by atoms with Crippen molar-refractivity contribution < 1.29 is 23.8 Å². The number of ether oxygens (including phenoxy) is 3. The number of benzene rings is 1. The van der Waals surface area contributed by atoms with Crippen LogP contribution in [-0.4, -0.2) is 42.8 Å². The Balaban J connectivity index is 1.81. The smallest absolute Gasteiger partial charge is 0.328 e. The molecule has 6 heteroatoms. The average Bonchev–Trinajstić information content (AvgIpc) is 3.02. The maximum absolute atomic E-state index is 12.7. The summed E-state index contributed by atoms with van der Waals surface area (Å²) in [5.41, 5.74) is 0.500. The Kier molecular flexibility index (Phi) is 4.18. The third-order valence-corrected chi connectivity index (χ3v) is 3.94. The van der Waals surface area contributed by atoms with Crippen molar-refractivity contribution in [3.05, 3.63) is 23.8 Å². The van der Waals surface area contributed by atoms with Gasteiger partial charge >= 0.3 is 5.97 Å². The number of rotatable bonds is 3. The van der Waals surface area contributed by atoms with Crippen molar-refractivity contribution in [1.29, 1.82) is 0 Å². The standard InChI is InChI=1S/C16H19NO5/c1-2-20-16(19)12-5-3-4-8-17(12)15(18)11-6-7-13-14(9-11)22-10-21-13/h6-7,9,12H,2-5,8,10H2,1H3. The van der Waals surface area contributed by atoms with Gasteiger partial charge < -0.3 is 19.1 Å². The van der Waals surface area contributed by atoms with Gasteiger partial charge in [-0.05, 0) is 44.4 Å². The van der Waals surface area contributed by atoms with E-state index in [-0.39, 0.29) is 18.7 Å². The molecule has 0 N–H and O–H groups in total. The number of nitrogens with zero attached hydrogens (tertiary/aromatic N) is 1. The molecule has 0 aliphatic carbocycles. The quantitative estimate of drug-likeness (QED) is 0.799. The number of likely N-dealkylation sites (tertiary alicyclic amines) is 1. The van der Waals surface area contributed by atoms with E-state index in [0.717, 1.165) is 12.8 Å². The van der Waals surface area contributed by atoms with E-state index in [1.807, 2.05) is 0 Å². The number of carbonyl (C=O) groups excluding carboxylic acids is 2. The highest BCUT2D eigenvalue weighted by atomic mass is 16.7. The highest BCUT2D eigenvalue weighted by Gasteiger charge is 2.34. The fourth-order valence-corrected chi connectivity index (χ4v) is 2.85. The molecule has 6 nitrogen and oxygen atoms in total. The largest absolute Gasteiger partial charge is 0.464 e. The molecule has 1 saturated heterocycles. The summed E-state index contributed by atoms with van der Waals surface area (Å²) in [5, 5.41) is 0. The Morgan fingerprint density at radius 3 is 2.91 bits per heavy atom. The number of hydrogen-bond donors (Lipinski definition) is 0. The van der Waals surface area contributed by atoms with Crippen molar-refractivity contribution in [2.45, 2.75) is 32.2 Å². The molecule has 1 amide bonds. The number of fused-ring (bicyclic) bond motifs is 1. The molecule has 0 aromatic heterocycles. The Bertz CT molecular complexity index is 586. The molecule has 0 bridgehead atoms. The maximum Gasteiger partial charge on any atom is 0.328 e. The van der Waals surface area contributed by atoms with Crippen LogP contribution in [0.25, 0.3) is 0 Å². The molecule has 118 valence electrons. The third kappa shape index (κ3) is 2.73. The van der Waals surface area contributed by atoms with Crippen LogP contribution in [0, 0.1) is 0 Å². The van der Waals surface area contributed by atoms with Crippen LogP contribution >= 0.6 is 0 Å². The first-order valence-corrected chi connectivity index (χ1v) is 7.58. The summed E-state index contributed by atoms with van der Waals surface area (Å²) in [6.45, 7) is 2.82. The summed E-state index contributed by atoms with van der Waals surface area (Å²) in [6, 6.07) is 4.60. The molecule has 1 unspecified atom stereocenters. The minimum Gasteiger partial charge on any atom is -0.464 e. The highest BCUT2D eigenvalue weighted by Crippen LogP contribution is 2.33. The van der Waals surface area contributed by atoms with E-state index in [1.54, 1.807) is 30.0 Å². The molecule has 0 saturated carbocycles. The van der Waals surface area contributed by atoms with Gasteiger partial charge in [0.25, 0.3) is 5.91 Å². The highest BCUT2D eigenvalue weighted by molar-refractivity contribution is 5.97. The van der Waals surface area contributed by atoms with Gasteiger partial charge in [-0.1, -0.05) is 0 Å². The Morgan fingerprint density at radius 1 is 1.27 bits per heavy atom. The minimum atomic E-state index is -0.494. The zero-order valence-electron chi connectivity index (χ0n) is 12.5. The Morgan fingerprint density at radius 2 is 2.09 bits per heavy atom. The van der Waals surface area contributed by atoms with Gasteiger partial charge in [0, 0.05) is 12.1 Å². The van der Waals surface area contributed by atoms with Crippen LogP contribution in [0.5, 0.6) is 11.5 Å². The van der Waals surface area contributed by atoms with Gasteiger partial charge in [-0.25, -0.2) is 4.79 Å². The number of carbonyl (C=O) groups is 2. The molecule has 22 heavy (non-hydrogen) atoms. The van der Waals surface area contributed by atoms with E-state index in [9.17, 15) is 9.59 Å². The topological polar surface area (TPSA) is 65.1 Å². The average molecular weight is 305 g/mol. The van der Waals surface area contributed by atoms with E-state index in [2.05, 4.69) is 0 Å². The summed E-state index contributed by atoms with van der Waals surface area (Å²) >= 11 is 0. The normalized spacial score (nSPS) is 19.9. The second kappa shape index (κ2) is 6.25. The van der Waals surface area contributed by atoms with Gasteiger partial charge in [-0.15, -0.1) is 0 Å². The Labute approximate surface area is 128 Å². The molecule has 2 aliphatic rings. The predicted octanol–water partition coefficient (Wildman–Crippen LogP) is 1.97. The number of hydrogen-bond acceptors (Lipinski definition) is 5. The summed E-state index contributed by atoms with van der Waals surface area (Å²) in [7, 11) is 0. The molecule has 3 rings (SSSR count). The van der Waals surface area contributed by atoms with Crippen molar-refractivity contribution >= 4 is 11.9 Å². The maximum atomic E-state index is 12.7. The molecule has 0 radical (unpaired) electrons. The first kappa shape index (κ1) is 14.7. The third-order valence-electron chi connectivity index (χ3n) is 3.94. The van der Waals surface area contributed by atoms with Gasteiger partial charge in [0.1, 0.15) is 6.04 Å². The Hall–Kier alpha value is -2.24. The number of piperidine rings is 1. The lowest BCUT2D eigenvalue weighted by atomic mass is 10.0. The lowest BCUT2D eigenvalue weighted by Crippen LogP contribution is -2.48. The number of esters is 1. The van der Waals surface area contributed by atoms with Crippen LogP contribution in [-0.2, 0) is 9.53 Å². The molecule has 1 atom stereocenters. The molecule has 2 aliphatic heterocycles. The second-order valence-electron chi connectivity index (χ2n) is 5.33. The molecular formula is C16H19NO5. The van der Waals surface area contributed by atoms with Crippen LogP contribution in [0.3, 0.4) is 0 Å². The molecule has 1 fully saturated rings. The second-order valence-corrected chi connectivity index (χ2v) is 5.33. The van der Waals surface area contributed by atoms with Crippen molar-refractivity contribution in [3.8, 4) is 11.5 Å². The van der Waals surface area contributed by atoms with Gasteiger partial charge in [-0.2, -0.15) is 0 Å². The van der Waals surface area contributed by atoms with Crippen LogP contribution < -0.4 is 9.47 Å². The lowest BCUT2D eigenvalue weighted by Gasteiger charge is -2.34. The zero-order chi connectivity index (χ0) is 15.5. The van der Waals surface area contributed by atoms with E-state index in [1.165, 1.54) is 0 Å². The van der Waals surface area contributed by atoms with E-state index >= 15 is 0 Å². The SMILES string of the molecule is CCOC(=O)C1CCCCN1C(=O)c1ccc2c(c1)OCO2. The van der Waals surface area contributed by atoms with Crippen LogP contribution in [0.15, 0.2) is 18.2 Å². The minimum absolute atomic E-state index is 0.169. The van der Waals surface area contributed by atoms with Crippen LogP contribution in [0.4, 0.5) is 0 Å². The lowest BCUT2D eigenvalue weighted by molar-refractivity contribution is -0.149. The van der Waals surface area contributed by atoms with Gasteiger partial charge in [0.05, 0.1) is 6.61 Å². The van der Waals surface area contributed by atoms with Crippen LogP contribution in [0.1, 0.15) is 36.5 Å². The van der Waals surface area contributed by atoms with E-state index in [4.69, 9.17) is 14.2 Å². The van der Waals surface area contributed by atoms with E-state index < -0.39 is 6.04 Å².